The molecule has 0 radical (unpaired) electrons. The number of amides is 1. The zero-order chi connectivity index (χ0) is 25.0. The van der Waals surface area contributed by atoms with Crippen LogP contribution in [0.2, 0.25) is 18.1 Å². The number of likely N-dealkylation sites (N-methyl/N-ethyl adjacent to an activating group) is 1. The van der Waals surface area contributed by atoms with Gasteiger partial charge in [-0.15, -0.1) is 0 Å². The van der Waals surface area contributed by atoms with E-state index >= 15 is 0 Å². The fourth-order valence-electron chi connectivity index (χ4n) is 5.15. The number of aromatic amines is 1. The highest BCUT2D eigenvalue weighted by Gasteiger charge is 2.48. The van der Waals surface area contributed by atoms with Crippen molar-refractivity contribution in [1.82, 2.24) is 20.4 Å². The molecule has 1 spiro atoms. The molecule has 0 aliphatic heterocycles. The summed E-state index contributed by atoms with van der Waals surface area (Å²) in [7, 11) is 1.77. The van der Waals surface area contributed by atoms with E-state index in [9.17, 15) is 4.79 Å². The Morgan fingerprint density at radius 1 is 1.29 bits per heavy atom. The van der Waals surface area contributed by atoms with Crippen molar-refractivity contribution in [1.29, 1.82) is 0 Å². The van der Waals surface area contributed by atoms with Crippen LogP contribution in [0.3, 0.4) is 0 Å². The van der Waals surface area contributed by atoms with Crippen LogP contribution < -0.4 is 5.32 Å². The van der Waals surface area contributed by atoms with Crippen molar-refractivity contribution in [3.05, 3.63) is 23.5 Å². The fourth-order valence-corrected chi connectivity index (χ4v) is 6.57. The summed E-state index contributed by atoms with van der Waals surface area (Å²) in [6.07, 6.45) is 12.8. The van der Waals surface area contributed by atoms with Crippen molar-refractivity contribution in [2.45, 2.75) is 96.5 Å². The largest absolute Gasteiger partial charge is 0.448 e. The smallest absolute Gasteiger partial charge is 0.406 e. The maximum atomic E-state index is 11.3. The van der Waals surface area contributed by atoms with E-state index < -0.39 is 14.4 Å². The number of nitrogens with one attached hydrogen (secondary N) is 2. The first-order valence-corrected chi connectivity index (χ1v) is 15.8. The van der Waals surface area contributed by atoms with Crippen LogP contribution in [0.15, 0.2) is 12.3 Å². The van der Waals surface area contributed by atoms with Gasteiger partial charge in [0, 0.05) is 31.9 Å². The first-order valence-electron chi connectivity index (χ1n) is 12.9. The van der Waals surface area contributed by atoms with E-state index in [0.717, 1.165) is 25.1 Å². The van der Waals surface area contributed by atoms with Gasteiger partial charge in [-0.2, -0.15) is 5.10 Å². The Balaban J connectivity index is 1.75. The lowest BCUT2D eigenvalue weighted by Gasteiger charge is -2.50. The molecule has 7 nitrogen and oxygen atoms in total. The van der Waals surface area contributed by atoms with Gasteiger partial charge < -0.3 is 14.5 Å². The minimum Gasteiger partial charge on any atom is -0.448 e. The average Bonchev–Trinajstić information content (AvgIpc) is 3.23. The molecule has 1 amide bonds. The zero-order valence-corrected chi connectivity index (χ0v) is 23.4. The molecule has 2 N–H and O–H groups in total. The summed E-state index contributed by atoms with van der Waals surface area (Å²) < 4.78 is 12.2. The molecule has 1 fully saturated rings. The number of hydrogen-bond acceptors (Lipinski definition) is 5. The van der Waals surface area contributed by atoms with Crippen molar-refractivity contribution in [2.75, 3.05) is 27.2 Å². The van der Waals surface area contributed by atoms with Gasteiger partial charge in [-0.3, -0.25) is 10.00 Å². The third-order valence-corrected chi connectivity index (χ3v) is 12.8. The second-order valence-corrected chi connectivity index (χ2v) is 16.6. The van der Waals surface area contributed by atoms with Crippen LogP contribution in [0.25, 0.3) is 5.57 Å². The maximum Gasteiger partial charge on any atom is 0.406 e. The number of rotatable bonds is 8. The number of ether oxygens (including phenoxy) is 1. The van der Waals surface area contributed by atoms with Crippen LogP contribution in [-0.2, 0) is 15.7 Å². The van der Waals surface area contributed by atoms with E-state index in [2.05, 4.69) is 60.4 Å². The highest BCUT2D eigenvalue weighted by molar-refractivity contribution is 6.74. The molecule has 34 heavy (non-hydrogen) atoms. The van der Waals surface area contributed by atoms with Gasteiger partial charge in [-0.05, 0) is 61.9 Å². The first-order chi connectivity index (χ1) is 16.0. The predicted octanol–water partition coefficient (Wildman–Crippen LogP) is 5.72. The van der Waals surface area contributed by atoms with Crippen LogP contribution in [0.4, 0.5) is 4.79 Å². The summed E-state index contributed by atoms with van der Waals surface area (Å²) in [5.74, 6) is 0. The van der Waals surface area contributed by atoms with Crippen molar-refractivity contribution in [3.63, 3.8) is 0 Å². The number of alkyl carbamates (subject to hydrolysis) is 1. The van der Waals surface area contributed by atoms with Crippen LogP contribution in [0.1, 0.15) is 77.0 Å². The van der Waals surface area contributed by atoms with Gasteiger partial charge in [0.15, 0.2) is 8.32 Å². The van der Waals surface area contributed by atoms with E-state index in [1.165, 1.54) is 43.2 Å². The second kappa shape index (κ2) is 11.0. The lowest BCUT2D eigenvalue weighted by molar-refractivity contribution is 0.00600. The van der Waals surface area contributed by atoms with Gasteiger partial charge in [0.25, 0.3) is 0 Å². The summed E-state index contributed by atoms with van der Waals surface area (Å²) in [6, 6.07) is 0. The number of carbonyl (C=O) groups is 1. The van der Waals surface area contributed by atoms with Gasteiger partial charge in [-0.25, -0.2) is 4.79 Å². The monoisotopic (exact) mass is 490 g/mol. The molecule has 1 heterocycles. The molecule has 1 aromatic rings. The SMILES string of the molecule is CNC(=O)OCCN(C)Cc1c[nH]nc1C1=CCC(O[Si](C)(C)C(C)(C)C)C2(CCCCC2)C1. The molecule has 0 saturated heterocycles. The molecular weight excluding hydrogens is 444 g/mol. The zero-order valence-electron chi connectivity index (χ0n) is 22.4. The van der Waals surface area contributed by atoms with Gasteiger partial charge in [-0.1, -0.05) is 46.1 Å². The summed E-state index contributed by atoms with van der Waals surface area (Å²) in [5.41, 5.74) is 3.88. The van der Waals surface area contributed by atoms with E-state index in [1.54, 1.807) is 7.05 Å². The minimum atomic E-state index is -1.85. The number of nitrogens with zero attached hydrogens (tertiary/aromatic N) is 2. The van der Waals surface area contributed by atoms with E-state index in [-0.39, 0.29) is 10.5 Å². The number of carbonyl (C=O) groups excluding carboxylic acids is 1. The van der Waals surface area contributed by atoms with Crippen molar-refractivity contribution >= 4 is 20.0 Å². The van der Waals surface area contributed by atoms with Crippen LogP contribution in [0.5, 0.6) is 0 Å². The van der Waals surface area contributed by atoms with Crippen LogP contribution >= 0.6 is 0 Å². The Hall–Kier alpha value is -1.64. The molecule has 192 valence electrons. The molecule has 8 heteroatoms. The van der Waals surface area contributed by atoms with E-state index in [1.807, 2.05) is 13.2 Å². The fraction of sp³-hybridized carbons (Fsp3) is 0.769. The van der Waals surface area contributed by atoms with Crippen LogP contribution in [-0.4, -0.2) is 62.9 Å². The molecule has 3 rings (SSSR count). The Bertz CT molecular complexity index is 852. The second-order valence-electron chi connectivity index (χ2n) is 11.8. The third-order valence-electron chi connectivity index (χ3n) is 8.27. The molecule has 1 unspecified atom stereocenters. The highest BCUT2D eigenvalue weighted by Crippen LogP contribution is 2.53. The standard InChI is InChI=1S/C26H46N4O3Si/c1-25(2,3)34(6,7)33-22-12-11-20(17-26(22)13-9-8-10-14-26)23-21(18-28-29-23)19-30(5)15-16-32-24(31)27-4/h11,18,22H,8-10,12-17,19H2,1-7H3,(H,27,31)(H,28,29). The predicted molar refractivity (Wildman–Crippen MR) is 140 cm³/mol. The summed E-state index contributed by atoms with van der Waals surface area (Å²) in [6.45, 7) is 13.6. The normalized spacial score (nSPS) is 20.9. The number of H-pyrrole nitrogens is 1. The molecule has 2 aliphatic rings. The summed E-state index contributed by atoms with van der Waals surface area (Å²) in [4.78, 5) is 13.5. The van der Waals surface area contributed by atoms with Crippen LogP contribution in [0, 0.1) is 5.41 Å². The lowest BCUT2D eigenvalue weighted by atomic mass is 9.63. The highest BCUT2D eigenvalue weighted by atomic mass is 28.4. The van der Waals surface area contributed by atoms with Gasteiger partial charge in [0.2, 0.25) is 0 Å². The quantitative estimate of drug-likeness (QED) is 0.456. The molecule has 0 bridgehead atoms. The Labute approximate surface area is 207 Å². The molecular formula is C26H46N4O3Si. The van der Waals surface area contributed by atoms with E-state index in [0.29, 0.717) is 19.3 Å². The number of allylic oxidation sites excluding steroid dienone is 1. The van der Waals surface area contributed by atoms with Gasteiger partial charge in [0.05, 0.1) is 11.8 Å². The van der Waals surface area contributed by atoms with Crippen molar-refractivity contribution < 1.29 is 14.0 Å². The number of aromatic nitrogens is 2. The van der Waals surface area contributed by atoms with Crippen molar-refractivity contribution in [2.24, 2.45) is 5.41 Å². The maximum absolute atomic E-state index is 11.3. The van der Waals surface area contributed by atoms with Gasteiger partial charge in [0.1, 0.15) is 6.61 Å². The Kier molecular flexibility index (Phi) is 8.69. The van der Waals surface area contributed by atoms with Gasteiger partial charge >= 0.3 is 6.09 Å². The third kappa shape index (κ3) is 6.32. The Morgan fingerprint density at radius 2 is 2.00 bits per heavy atom. The molecule has 1 atom stereocenters. The topological polar surface area (TPSA) is 79.5 Å². The van der Waals surface area contributed by atoms with E-state index in [4.69, 9.17) is 9.16 Å². The lowest BCUT2D eigenvalue weighted by Crippen LogP contribution is -2.50. The molecule has 1 saturated carbocycles. The molecule has 0 aromatic carbocycles. The minimum absolute atomic E-state index is 0.217. The summed E-state index contributed by atoms with van der Waals surface area (Å²) >= 11 is 0. The number of hydrogen-bond donors (Lipinski definition) is 2. The molecule has 1 aromatic heterocycles. The average molecular weight is 491 g/mol. The molecule has 2 aliphatic carbocycles. The summed E-state index contributed by atoms with van der Waals surface area (Å²) in [5, 5.41) is 10.5. The van der Waals surface area contributed by atoms with Crippen molar-refractivity contribution in [3.8, 4) is 0 Å². The first kappa shape index (κ1) is 27.0. The Morgan fingerprint density at radius 3 is 2.65 bits per heavy atom.